The molecule has 2 heterocycles. The highest BCUT2D eigenvalue weighted by Gasteiger charge is 2.31. The molecule has 22 aromatic rings. The smallest absolute Gasteiger partial charge is 0.138 e. The van der Waals surface area contributed by atoms with Gasteiger partial charge in [0.05, 0.1) is 34.1 Å². The van der Waals surface area contributed by atoms with Gasteiger partial charge in [-0.05, 0) is 189 Å². The molecule has 0 fully saturated rings. The molecule has 0 unspecified atom stereocenters. The quantitative estimate of drug-likeness (QED) is 0.0905. The van der Waals surface area contributed by atoms with Crippen LogP contribution in [0.1, 0.15) is 22.3 Å². The van der Waals surface area contributed by atoms with Crippen LogP contribution in [0, 0.1) is 27.7 Å². The third-order valence-corrected chi connectivity index (χ3v) is 24.7. The van der Waals surface area contributed by atoms with E-state index in [1.54, 1.807) is 0 Å². The number of fused-ring (bicyclic) bond motifs is 14. The lowest BCUT2D eigenvalue weighted by Crippen LogP contribution is -2.13. The fourth-order valence-electron chi connectivity index (χ4n) is 19.0. The average molecular weight is 1560 g/mol. The Kier molecular flexibility index (Phi) is 18.1. The molecule has 0 bridgehead atoms. The van der Waals surface area contributed by atoms with Crippen molar-refractivity contribution in [3.8, 4) is 55.6 Å². The van der Waals surface area contributed by atoms with Gasteiger partial charge in [0.25, 0.3) is 0 Å². The zero-order valence-corrected chi connectivity index (χ0v) is 68.0. The molecule has 0 saturated heterocycles. The molecule has 578 valence electrons. The van der Waals surface area contributed by atoms with Crippen LogP contribution < -0.4 is 19.6 Å². The minimum absolute atomic E-state index is 0.796. The number of furan rings is 2. The summed E-state index contributed by atoms with van der Waals surface area (Å²) in [6.07, 6.45) is 0. The molecular weight excluding hydrogens is 1480 g/mol. The standard InChI is InChI=1S/C116H82N4O2/c1-75-36-14-28-60-99(75)117(87-49-35-47-83(68-87)79-40-8-5-9-41-79)105-71-109-113(95-56-22-18-52-91(95)105)114-96-57-23-19-53-92(96)106(72-110(114)121-109)118(100-61-29-15-37-76(100)2)88-69-85(80-42-10-6-11-43-80)67-86(70-88)82-46-34-48-84(66-82)90-51-27-33-65-104(90)120(102-63-31-17-39-78(102)4)108-74-112-116(98-59-25-21-55-94(98)108)115-97-58-24-20-54-93(97)107(73-111(115)122-112)119(101-62-30-16-38-77(101)3)103-64-32-26-50-89(103)81-44-12-7-13-45-81/h5-74H,1-4H3. The monoisotopic (exact) mass is 1560 g/mol. The first-order valence-corrected chi connectivity index (χ1v) is 41.9. The molecule has 2 aromatic heterocycles. The maximum atomic E-state index is 7.54. The summed E-state index contributed by atoms with van der Waals surface area (Å²) in [5.74, 6) is 0. The molecule has 0 radical (unpaired) electrons. The third kappa shape index (κ3) is 12.5. The van der Waals surface area contributed by atoms with Gasteiger partial charge < -0.3 is 28.4 Å². The van der Waals surface area contributed by atoms with Gasteiger partial charge in [0.15, 0.2) is 0 Å². The largest absolute Gasteiger partial charge is 0.456 e. The van der Waals surface area contributed by atoms with E-state index in [1.807, 2.05) is 0 Å². The molecule has 0 aliphatic heterocycles. The number of aryl methyl sites for hydroxylation is 4. The summed E-state index contributed by atoms with van der Waals surface area (Å²) in [5.41, 5.74) is 31.3. The van der Waals surface area contributed by atoms with E-state index in [0.29, 0.717) is 0 Å². The summed E-state index contributed by atoms with van der Waals surface area (Å²) in [4.78, 5) is 9.81. The van der Waals surface area contributed by atoms with Crippen LogP contribution in [-0.2, 0) is 0 Å². The van der Waals surface area contributed by atoms with E-state index < -0.39 is 0 Å². The molecule has 0 N–H and O–H groups in total. The predicted molar refractivity (Wildman–Crippen MR) is 516 cm³/mol. The summed E-state index contributed by atoms with van der Waals surface area (Å²) < 4.78 is 15.1. The van der Waals surface area contributed by atoms with Gasteiger partial charge in [-0.25, -0.2) is 0 Å². The summed E-state index contributed by atoms with van der Waals surface area (Å²) in [6, 6.07) is 155. The van der Waals surface area contributed by atoms with Crippen LogP contribution in [0.2, 0.25) is 0 Å². The van der Waals surface area contributed by atoms with Crippen LogP contribution in [0.5, 0.6) is 0 Å². The maximum absolute atomic E-state index is 7.54. The Balaban J connectivity index is 0.708. The molecule has 6 heteroatoms. The number of hydrogen-bond donors (Lipinski definition) is 0. The molecule has 6 nitrogen and oxygen atoms in total. The van der Waals surface area contributed by atoms with Gasteiger partial charge in [-0.15, -0.1) is 0 Å². The number of anilines is 12. The van der Waals surface area contributed by atoms with E-state index in [9.17, 15) is 0 Å². The van der Waals surface area contributed by atoms with Gasteiger partial charge in [0.1, 0.15) is 22.3 Å². The van der Waals surface area contributed by atoms with Crippen molar-refractivity contribution >= 4 is 155 Å². The van der Waals surface area contributed by atoms with Gasteiger partial charge in [0, 0.05) is 113 Å². The predicted octanol–water partition coefficient (Wildman–Crippen LogP) is 33.5. The number of para-hydroxylation sites is 6. The fraction of sp³-hybridized carbons (Fsp3) is 0.0345. The Labute approximate surface area is 709 Å². The molecule has 20 aromatic carbocycles. The van der Waals surface area contributed by atoms with Crippen LogP contribution in [0.25, 0.3) is 143 Å². The van der Waals surface area contributed by atoms with Crippen molar-refractivity contribution in [2.45, 2.75) is 27.7 Å². The second-order valence-electron chi connectivity index (χ2n) is 32.0. The first-order chi connectivity index (χ1) is 60.2. The molecule has 0 aliphatic carbocycles. The lowest BCUT2D eigenvalue weighted by molar-refractivity contribution is 0.669. The topological polar surface area (TPSA) is 39.2 Å². The minimum Gasteiger partial charge on any atom is -0.456 e. The van der Waals surface area contributed by atoms with Crippen LogP contribution in [0.3, 0.4) is 0 Å². The second kappa shape index (κ2) is 30.3. The Bertz CT molecular complexity index is 7860. The van der Waals surface area contributed by atoms with E-state index >= 15 is 0 Å². The fourth-order valence-corrected chi connectivity index (χ4v) is 19.0. The maximum Gasteiger partial charge on any atom is 0.138 e. The Morgan fingerprint density at radius 1 is 0.156 bits per heavy atom. The highest BCUT2D eigenvalue weighted by molar-refractivity contribution is 6.32. The molecule has 0 atom stereocenters. The zero-order chi connectivity index (χ0) is 81.5. The van der Waals surface area contributed by atoms with Crippen molar-refractivity contribution in [3.63, 3.8) is 0 Å². The third-order valence-electron chi connectivity index (χ3n) is 24.7. The zero-order valence-electron chi connectivity index (χ0n) is 68.0. The van der Waals surface area contributed by atoms with E-state index in [4.69, 9.17) is 8.83 Å². The molecule has 0 amide bonds. The second-order valence-corrected chi connectivity index (χ2v) is 32.0. The Morgan fingerprint density at radius 2 is 0.410 bits per heavy atom. The lowest BCUT2D eigenvalue weighted by atomic mass is 9.93. The van der Waals surface area contributed by atoms with Crippen molar-refractivity contribution in [2.24, 2.45) is 0 Å². The SMILES string of the molecule is Cc1ccccc1N(c1cccc(-c2ccccc2)c1)c1cc2oc3cc(N(c4cc(-c5ccccc5)cc(-c5cccc(-c6ccccc6N(c6ccccc6C)c6cc7oc8cc(N(c9ccccc9C)c9ccccc9-c9ccccc9)c9ccccc9c8c7c7ccccc67)c5)c4)c4ccccc4C)c4ccccc4c3c2c2ccccc12. The van der Waals surface area contributed by atoms with Crippen LogP contribution >= 0.6 is 0 Å². The van der Waals surface area contributed by atoms with Gasteiger partial charge in [-0.1, -0.05) is 328 Å². The van der Waals surface area contributed by atoms with Gasteiger partial charge in [0.2, 0.25) is 0 Å². The number of nitrogens with zero attached hydrogens (tertiary/aromatic N) is 4. The van der Waals surface area contributed by atoms with Gasteiger partial charge in [-0.2, -0.15) is 0 Å². The Morgan fingerprint density at radius 3 is 0.811 bits per heavy atom. The normalized spacial score (nSPS) is 11.6. The van der Waals surface area contributed by atoms with E-state index in [0.717, 1.165) is 233 Å². The van der Waals surface area contributed by atoms with E-state index in [1.165, 1.54) is 0 Å². The van der Waals surface area contributed by atoms with Crippen LogP contribution in [0.4, 0.5) is 68.2 Å². The molecule has 22 rings (SSSR count). The summed E-state index contributed by atoms with van der Waals surface area (Å²) >= 11 is 0. The van der Waals surface area contributed by atoms with Gasteiger partial charge in [-0.3, -0.25) is 0 Å². The van der Waals surface area contributed by atoms with Crippen molar-refractivity contribution in [1.29, 1.82) is 0 Å². The lowest BCUT2D eigenvalue weighted by Gasteiger charge is -2.30. The molecule has 0 spiro atoms. The molecule has 0 aliphatic rings. The average Bonchev–Trinajstić information content (AvgIpc) is 1.53. The molecular formula is C116H82N4O2. The molecule has 0 saturated carbocycles. The first-order valence-electron chi connectivity index (χ1n) is 41.9. The van der Waals surface area contributed by atoms with Crippen molar-refractivity contribution in [1.82, 2.24) is 0 Å². The first kappa shape index (κ1) is 72.7. The summed E-state index contributed by atoms with van der Waals surface area (Å²) in [6.45, 7) is 8.85. The highest BCUT2D eigenvalue weighted by Crippen LogP contribution is 2.55. The van der Waals surface area contributed by atoms with Crippen molar-refractivity contribution < 1.29 is 8.83 Å². The highest BCUT2D eigenvalue weighted by atomic mass is 16.3. The van der Waals surface area contributed by atoms with Crippen molar-refractivity contribution in [2.75, 3.05) is 19.6 Å². The summed E-state index contributed by atoms with van der Waals surface area (Å²) in [5, 5.41) is 13.2. The minimum atomic E-state index is 0.796. The number of rotatable bonds is 17. The van der Waals surface area contributed by atoms with E-state index in [-0.39, 0.29) is 0 Å². The Hall–Kier alpha value is -15.8. The van der Waals surface area contributed by atoms with Gasteiger partial charge >= 0.3 is 0 Å². The molecule has 122 heavy (non-hydrogen) atoms. The summed E-state index contributed by atoms with van der Waals surface area (Å²) in [7, 11) is 0. The van der Waals surface area contributed by atoms with Crippen molar-refractivity contribution in [3.05, 3.63) is 447 Å². The number of hydrogen-bond acceptors (Lipinski definition) is 6. The van der Waals surface area contributed by atoms with Crippen LogP contribution in [0.15, 0.2) is 433 Å². The van der Waals surface area contributed by atoms with E-state index in [2.05, 4.69) is 472 Å². The van der Waals surface area contributed by atoms with Crippen LogP contribution in [-0.4, -0.2) is 0 Å². The number of benzene rings is 20.